The minimum absolute atomic E-state index is 0.0480. The van der Waals surface area contributed by atoms with Gasteiger partial charge in [0.2, 0.25) is 0 Å². The fourth-order valence-electron chi connectivity index (χ4n) is 2.87. The van der Waals surface area contributed by atoms with Crippen LogP contribution in [0, 0.1) is 0 Å². The van der Waals surface area contributed by atoms with Gasteiger partial charge in [-0.1, -0.05) is 18.2 Å². The van der Waals surface area contributed by atoms with E-state index in [1.54, 1.807) is 7.11 Å². The summed E-state index contributed by atoms with van der Waals surface area (Å²) in [6, 6.07) is 18.8. The highest BCUT2D eigenvalue weighted by Gasteiger charge is 2.14. The number of methoxy groups -OCH3 is 1. The summed E-state index contributed by atoms with van der Waals surface area (Å²) in [6.07, 6.45) is 0. The van der Waals surface area contributed by atoms with Crippen LogP contribution in [0.4, 0.5) is 0 Å². The zero-order valence-corrected chi connectivity index (χ0v) is 13.9. The average Bonchev–Trinajstić information content (AvgIpc) is 3.17. The second-order valence-corrected chi connectivity index (χ2v) is 5.77. The molecule has 2 N–H and O–H groups in total. The third kappa shape index (κ3) is 2.77. The highest BCUT2D eigenvalue weighted by molar-refractivity contribution is 5.97. The number of hydrogen-bond acceptors (Lipinski definition) is 4. The molecule has 0 fully saturated rings. The number of pyridine rings is 1. The number of carboxylic acid groups (broad SMARTS) is 1. The van der Waals surface area contributed by atoms with Crippen LogP contribution in [0.3, 0.4) is 0 Å². The van der Waals surface area contributed by atoms with Crippen molar-refractivity contribution < 1.29 is 14.6 Å². The normalized spacial score (nSPS) is 10.8. The largest absolute Gasteiger partial charge is 0.497 e. The van der Waals surface area contributed by atoms with Crippen molar-refractivity contribution in [1.82, 2.24) is 15.2 Å². The van der Waals surface area contributed by atoms with E-state index in [-0.39, 0.29) is 5.69 Å². The second kappa shape index (κ2) is 6.33. The molecule has 6 heteroatoms. The molecule has 0 spiro atoms. The molecule has 0 aliphatic rings. The molecule has 0 saturated heterocycles. The summed E-state index contributed by atoms with van der Waals surface area (Å²) in [5.74, 6) is -0.273. The lowest BCUT2D eigenvalue weighted by Crippen LogP contribution is -1.95. The Morgan fingerprint density at radius 3 is 2.50 bits per heavy atom. The standard InChI is InChI=1S/C20H15N3O3/c1-26-13-8-6-12(7-9-13)17-10-15(14-4-2-3-5-16(14)21-17)18-11-19(20(24)25)23-22-18/h2-11H,1H3,(H,22,23)(H,24,25). The van der Waals surface area contributed by atoms with E-state index in [2.05, 4.69) is 10.2 Å². The Kier molecular flexibility index (Phi) is 3.85. The molecule has 2 aromatic carbocycles. The van der Waals surface area contributed by atoms with Gasteiger partial charge < -0.3 is 9.84 Å². The smallest absolute Gasteiger partial charge is 0.353 e. The van der Waals surface area contributed by atoms with Gasteiger partial charge in [0, 0.05) is 16.5 Å². The first-order valence-corrected chi connectivity index (χ1v) is 7.99. The zero-order valence-electron chi connectivity index (χ0n) is 13.9. The van der Waals surface area contributed by atoms with Gasteiger partial charge in [-0.25, -0.2) is 9.78 Å². The SMILES string of the molecule is COc1ccc(-c2cc(-c3cc(C(=O)O)[nH]n3)c3ccccc3n2)cc1. The number of hydrogen-bond donors (Lipinski definition) is 2. The Morgan fingerprint density at radius 1 is 1.04 bits per heavy atom. The number of aromatic carboxylic acids is 1. The maximum atomic E-state index is 11.2. The summed E-state index contributed by atoms with van der Waals surface area (Å²) >= 11 is 0. The third-order valence-electron chi connectivity index (χ3n) is 4.19. The van der Waals surface area contributed by atoms with Crippen molar-refractivity contribution in [3.8, 4) is 28.3 Å². The van der Waals surface area contributed by atoms with Gasteiger partial charge in [0.15, 0.2) is 0 Å². The molecule has 26 heavy (non-hydrogen) atoms. The fourth-order valence-corrected chi connectivity index (χ4v) is 2.87. The Labute approximate surface area is 149 Å². The van der Waals surface area contributed by atoms with Gasteiger partial charge in [-0.15, -0.1) is 0 Å². The van der Waals surface area contributed by atoms with E-state index in [9.17, 15) is 4.79 Å². The molecule has 0 unspecified atom stereocenters. The van der Waals surface area contributed by atoms with Crippen molar-refractivity contribution in [3.05, 3.63) is 66.4 Å². The minimum atomic E-state index is -1.04. The van der Waals surface area contributed by atoms with E-state index < -0.39 is 5.97 Å². The molecule has 0 aliphatic carbocycles. The van der Waals surface area contributed by atoms with Crippen LogP contribution in [0.5, 0.6) is 5.75 Å². The predicted molar refractivity (Wildman–Crippen MR) is 98.3 cm³/mol. The molecule has 2 aromatic heterocycles. The van der Waals surface area contributed by atoms with E-state index in [0.29, 0.717) is 5.69 Å². The summed E-state index contributed by atoms with van der Waals surface area (Å²) in [7, 11) is 1.62. The van der Waals surface area contributed by atoms with Crippen LogP contribution in [0.15, 0.2) is 60.7 Å². The van der Waals surface area contributed by atoms with Crippen molar-refractivity contribution in [3.63, 3.8) is 0 Å². The highest BCUT2D eigenvalue weighted by atomic mass is 16.5. The molecule has 0 atom stereocenters. The Morgan fingerprint density at radius 2 is 1.81 bits per heavy atom. The molecule has 0 amide bonds. The molecule has 2 heterocycles. The molecule has 0 aliphatic heterocycles. The lowest BCUT2D eigenvalue weighted by molar-refractivity contribution is 0.0690. The van der Waals surface area contributed by atoms with Gasteiger partial charge in [-0.2, -0.15) is 5.10 Å². The number of benzene rings is 2. The van der Waals surface area contributed by atoms with E-state index in [0.717, 1.165) is 33.5 Å². The fraction of sp³-hybridized carbons (Fsp3) is 0.0500. The van der Waals surface area contributed by atoms with Gasteiger partial charge in [0.25, 0.3) is 0 Å². The van der Waals surface area contributed by atoms with Gasteiger partial charge in [0.1, 0.15) is 11.4 Å². The Hall–Kier alpha value is -3.67. The number of carbonyl (C=O) groups is 1. The van der Waals surface area contributed by atoms with Crippen LogP contribution >= 0.6 is 0 Å². The Balaban J connectivity index is 1.91. The third-order valence-corrected chi connectivity index (χ3v) is 4.19. The van der Waals surface area contributed by atoms with Crippen molar-refractivity contribution in [2.45, 2.75) is 0 Å². The van der Waals surface area contributed by atoms with E-state index in [1.165, 1.54) is 6.07 Å². The van der Waals surface area contributed by atoms with Crippen LogP contribution in [0.1, 0.15) is 10.5 Å². The first-order valence-electron chi connectivity index (χ1n) is 7.99. The second-order valence-electron chi connectivity index (χ2n) is 5.77. The minimum Gasteiger partial charge on any atom is -0.497 e. The number of aromatic amines is 1. The lowest BCUT2D eigenvalue weighted by Gasteiger charge is -2.09. The van der Waals surface area contributed by atoms with Crippen LogP contribution in [0.25, 0.3) is 33.4 Å². The number of ether oxygens (including phenoxy) is 1. The van der Waals surface area contributed by atoms with Crippen LogP contribution in [-0.4, -0.2) is 33.4 Å². The van der Waals surface area contributed by atoms with Crippen molar-refractivity contribution >= 4 is 16.9 Å². The molecule has 0 bridgehead atoms. The first kappa shape index (κ1) is 15.8. The van der Waals surface area contributed by atoms with Crippen LogP contribution in [-0.2, 0) is 0 Å². The van der Waals surface area contributed by atoms with Gasteiger partial charge in [-0.3, -0.25) is 5.10 Å². The first-order chi connectivity index (χ1) is 12.7. The van der Waals surface area contributed by atoms with E-state index in [1.807, 2.05) is 54.6 Å². The summed E-state index contributed by atoms with van der Waals surface area (Å²) in [5.41, 5.74) is 3.97. The lowest BCUT2D eigenvalue weighted by atomic mass is 10.0. The summed E-state index contributed by atoms with van der Waals surface area (Å²) in [6.45, 7) is 0. The van der Waals surface area contributed by atoms with Crippen molar-refractivity contribution in [2.75, 3.05) is 7.11 Å². The number of carboxylic acids is 1. The molecule has 4 rings (SSSR count). The summed E-state index contributed by atoms with van der Waals surface area (Å²) < 4.78 is 5.20. The quantitative estimate of drug-likeness (QED) is 0.584. The number of H-pyrrole nitrogens is 1. The predicted octanol–water partition coefficient (Wildman–Crippen LogP) is 4.00. The molecule has 0 radical (unpaired) electrons. The van der Waals surface area contributed by atoms with Crippen molar-refractivity contribution in [1.29, 1.82) is 0 Å². The maximum absolute atomic E-state index is 11.2. The number of para-hydroxylation sites is 1. The molecule has 0 saturated carbocycles. The monoisotopic (exact) mass is 345 g/mol. The van der Waals surface area contributed by atoms with Crippen molar-refractivity contribution in [2.24, 2.45) is 0 Å². The van der Waals surface area contributed by atoms with Gasteiger partial charge in [-0.05, 0) is 42.5 Å². The molecule has 128 valence electrons. The van der Waals surface area contributed by atoms with Crippen LogP contribution < -0.4 is 4.74 Å². The summed E-state index contributed by atoms with van der Waals surface area (Å²) in [5, 5.41) is 16.8. The number of nitrogens with zero attached hydrogens (tertiary/aromatic N) is 2. The zero-order chi connectivity index (χ0) is 18.1. The molecular formula is C20H15N3O3. The number of aromatic nitrogens is 3. The number of nitrogens with one attached hydrogen (secondary N) is 1. The highest BCUT2D eigenvalue weighted by Crippen LogP contribution is 2.31. The number of fused-ring (bicyclic) bond motifs is 1. The number of rotatable bonds is 4. The maximum Gasteiger partial charge on any atom is 0.353 e. The molecule has 6 nitrogen and oxygen atoms in total. The average molecular weight is 345 g/mol. The molecule has 4 aromatic rings. The molecular weight excluding hydrogens is 330 g/mol. The van der Waals surface area contributed by atoms with Gasteiger partial charge >= 0.3 is 5.97 Å². The topological polar surface area (TPSA) is 88.1 Å². The van der Waals surface area contributed by atoms with E-state index in [4.69, 9.17) is 14.8 Å². The summed E-state index contributed by atoms with van der Waals surface area (Å²) in [4.78, 5) is 15.9. The van der Waals surface area contributed by atoms with E-state index >= 15 is 0 Å². The van der Waals surface area contributed by atoms with Gasteiger partial charge in [0.05, 0.1) is 24.0 Å². The Bertz CT molecular complexity index is 1100. The van der Waals surface area contributed by atoms with Crippen LogP contribution in [0.2, 0.25) is 0 Å².